The van der Waals surface area contributed by atoms with Crippen LogP contribution >= 0.6 is 0 Å². The lowest BCUT2D eigenvalue weighted by atomic mass is 9.99. The minimum absolute atomic E-state index is 0.0654. The Morgan fingerprint density at radius 3 is 1.85 bits per heavy atom. The molecule has 0 saturated carbocycles. The van der Waals surface area contributed by atoms with Gasteiger partial charge in [0.2, 0.25) is 29.5 Å². The topological polar surface area (TPSA) is 277 Å². The van der Waals surface area contributed by atoms with Crippen molar-refractivity contribution >= 4 is 28.9 Å². The van der Waals surface area contributed by atoms with Gasteiger partial charge in [0.25, 0.3) is 0 Å². The van der Waals surface area contributed by atoms with Gasteiger partial charge in [-0.2, -0.15) is 0 Å². The number of aliphatic hydroxyl groups excluding tert-OH is 3. The fraction of sp³-hybridized carbons (Fsp3) is 0.471. The van der Waals surface area contributed by atoms with E-state index in [1.54, 1.807) is 0 Å². The fourth-order valence-electron chi connectivity index (χ4n) is 5.99. The highest BCUT2D eigenvalue weighted by Crippen LogP contribution is 2.46. The normalized spacial score (nSPS) is 28.5. The zero-order chi connectivity index (χ0) is 39.0. The summed E-state index contributed by atoms with van der Waals surface area (Å²) in [7, 11) is 1.12. The van der Waals surface area contributed by atoms with Gasteiger partial charge in [0.1, 0.15) is 23.2 Å². The van der Waals surface area contributed by atoms with Gasteiger partial charge in [0, 0.05) is 32.4 Å². The van der Waals surface area contributed by atoms with E-state index < -0.39 is 125 Å². The number of phenolic OH excluding ortho intramolecular Hbond substituents is 3. The molecular weight excluding hydrogens is 712 g/mol. The van der Waals surface area contributed by atoms with Crippen molar-refractivity contribution < 1.29 is 87.3 Å². The van der Waals surface area contributed by atoms with Crippen molar-refractivity contribution in [2.24, 2.45) is 0 Å². The van der Waals surface area contributed by atoms with Gasteiger partial charge in [-0.25, -0.2) is 0 Å². The lowest BCUT2D eigenvalue weighted by Crippen LogP contribution is -2.60. The summed E-state index contributed by atoms with van der Waals surface area (Å²) in [5.74, 6) is -6.31. The molecule has 0 radical (unpaired) electrons. The lowest BCUT2D eigenvalue weighted by Gasteiger charge is -2.42. The molecule has 6 N–H and O–H groups in total. The van der Waals surface area contributed by atoms with Crippen LogP contribution in [0, 0.1) is 0 Å². The zero-order valence-corrected chi connectivity index (χ0v) is 29.1. The van der Waals surface area contributed by atoms with Gasteiger partial charge >= 0.3 is 17.9 Å². The highest BCUT2D eigenvalue weighted by atomic mass is 16.7. The van der Waals surface area contributed by atoms with Crippen molar-refractivity contribution in [1.82, 2.24) is 0 Å². The second kappa shape index (κ2) is 15.3. The molecule has 53 heavy (non-hydrogen) atoms. The van der Waals surface area contributed by atoms with Crippen molar-refractivity contribution in [3.63, 3.8) is 0 Å². The number of benzene rings is 2. The first-order valence-corrected chi connectivity index (χ1v) is 16.1. The molecule has 0 spiro atoms. The summed E-state index contributed by atoms with van der Waals surface area (Å²) in [4.78, 5) is 49.4. The number of carbonyl (C=O) groups excluding carboxylic acids is 3. The van der Waals surface area contributed by atoms with Gasteiger partial charge in [0.15, 0.2) is 53.2 Å². The molecular formula is C34H38O19. The van der Waals surface area contributed by atoms with Crippen LogP contribution in [0.1, 0.15) is 34.6 Å². The van der Waals surface area contributed by atoms with E-state index in [9.17, 15) is 49.8 Å². The smallest absolute Gasteiger partial charge is 0.303 e. The van der Waals surface area contributed by atoms with Gasteiger partial charge in [-0.15, -0.1) is 0 Å². The number of phenols is 3. The summed E-state index contributed by atoms with van der Waals surface area (Å²) in [5, 5.41) is 63.8. The minimum Gasteiger partial charge on any atom is -0.504 e. The second-order valence-corrected chi connectivity index (χ2v) is 12.3. The molecule has 1 aromatic heterocycles. The Balaban J connectivity index is 1.61. The van der Waals surface area contributed by atoms with E-state index >= 15 is 0 Å². The second-order valence-electron chi connectivity index (χ2n) is 12.3. The van der Waals surface area contributed by atoms with Crippen molar-refractivity contribution in [3.05, 3.63) is 34.5 Å². The van der Waals surface area contributed by atoms with Crippen LogP contribution in [0.3, 0.4) is 0 Å². The summed E-state index contributed by atoms with van der Waals surface area (Å²) < 4.78 is 50.0. The number of fused-ring (bicyclic) bond motifs is 1. The Morgan fingerprint density at radius 1 is 0.698 bits per heavy atom. The molecule has 3 aromatic rings. The van der Waals surface area contributed by atoms with Gasteiger partial charge in [0.05, 0.1) is 19.3 Å². The van der Waals surface area contributed by atoms with Crippen LogP contribution in [0.5, 0.6) is 34.5 Å². The molecule has 19 nitrogen and oxygen atoms in total. The SMILES string of the molecule is COc1c(O[C@@H]2OC(C)[C@H](OC(C)=O)[C@H](OC(C)=O)C2O)cc2oc(-c3ccc(O)c(O)c3)c(O[C@@H]3OC(C)[C@H](OC(C)=O)C(O)[C@@H]3O)c(=O)c2c1O. The van der Waals surface area contributed by atoms with Crippen molar-refractivity contribution in [3.8, 4) is 45.8 Å². The maximum Gasteiger partial charge on any atom is 0.303 e. The molecule has 5 rings (SSSR count). The highest BCUT2D eigenvalue weighted by molar-refractivity contribution is 5.91. The number of aliphatic hydroxyl groups is 3. The summed E-state index contributed by atoms with van der Waals surface area (Å²) in [6.45, 7) is 6.16. The first-order valence-electron chi connectivity index (χ1n) is 16.1. The molecule has 288 valence electrons. The number of aromatic hydroxyl groups is 3. The quantitative estimate of drug-likeness (QED) is 0.0998. The van der Waals surface area contributed by atoms with Crippen LogP contribution in [0.25, 0.3) is 22.3 Å². The fourth-order valence-corrected chi connectivity index (χ4v) is 5.99. The molecule has 2 aliphatic heterocycles. The van der Waals surface area contributed by atoms with E-state index in [2.05, 4.69) is 0 Å². The van der Waals surface area contributed by atoms with E-state index in [1.165, 1.54) is 19.9 Å². The molecule has 0 aliphatic carbocycles. The van der Waals surface area contributed by atoms with Crippen molar-refractivity contribution in [2.45, 2.75) is 96.0 Å². The van der Waals surface area contributed by atoms with Crippen LogP contribution in [0.4, 0.5) is 0 Å². The van der Waals surface area contributed by atoms with Gasteiger partial charge in [-0.1, -0.05) is 0 Å². The Hall–Kier alpha value is -5.34. The third kappa shape index (κ3) is 7.74. The summed E-state index contributed by atoms with van der Waals surface area (Å²) in [6, 6.07) is 4.42. The molecule has 0 bridgehead atoms. The first kappa shape index (κ1) is 38.9. The molecule has 2 fully saturated rings. The number of hydrogen-bond acceptors (Lipinski definition) is 19. The number of rotatable bonds is 9. The third-order valence-corrected chi connectivity index (χ3v) is 8.39. The molecule has 19 heteroatoms. The molecule has 3 heterocycles. The molecule has 2 aromatic carbocycles. The van der Waals surface area contributed by atoms with Crippen molar-refractivity contribution in [1.29, 1.82) is 0 Å². The number of carbonyl (C=O) groups is 3. The number of ether oxygens (including phenoxy) is 8. The minimum atomic E-state index is -1.90. The maximum absolute atomic E-state index is 14.2. The standard InChI is InChI=1S/C34H38O19/c1-11-27(48-13(3)35)24(42)25(43)33(46-11)53-31-23(41)21-19(51-29(31)16-7-8-17(38)18(39)9-16)10-20(30(45-6)22(21)40)52-34-26(44)32(50-15(5)37)28(12(2)47-34)49-14(4)36/h7-12,24-28,32-34,38-40,42-44H,1-6H3/t11?,12?,24?,25-,26?,27-,28-,32+,33-,34-/m0/s1. The predicted molar refractivity (Wildman–Crippen MR) is 174 cm³/mol. The molecule has 2 saturated heterocycles. The Kier molecular flexibility index (Phi) is 11.2. The maximum atomic E-state index is 14.2. The third-order valence-electron chi connectivity index (χ3n) is 8.39. The van der Waals surface area contributed by atoms with Crippen LogP contribution in [-0.4, -0.2) is 117 Å². The van der Waals surface area contributed by atoms with Crippen LogP contribution in [0.15, 0.2) is 33.5 Å². The average Bonchev–Trinajstić information content (AvgIpc) is 3.07. The summed E-state index contributed by atoms with van der Waals surface area (Å²) >= 11 is 0. The molecule has 4 unspecified atom stereocenters. The van der Waals surface area contributed by atoms with Gasteiger partial charge < -0.3 is 73.0 Å². The van der Waals surface area contributed by atoms with Crippen LogP contribution in [-0.2, 0) is 38.1 Å². The first-order chi connectivity index (χ1) is 24.9. The Morgan fingerprint density at radius 2 is 1.26 bits per heavy atom. The Bertz CT molecular complexity index is 1940. The van der Waals surface area contributed by atoms with Gasteiger partial charge in [-0.05, 0) is 32.0 Å². The number of esters is 3. The molecule has 10 atom stereocenters. The van der Waals surface area contributed by atoms with Crippen molar-refractivity contribution in [2.75, 3.05) is 7.11 Å². The van der Waals surface area contributed by atoms with Gasteiger partial charge in [-0.3, -0.25) is 19.2 Å². The monoisotopic (exact) mass is 750 g/mol. The largest absolute Gasteiger partial charge is 0.504 e. The predicted octanol–water partition coefficient (Wildman–Crippen LogP) is 0.710. The number of methoxy groups -OCH3 is 1. The number of hydrogen-bond donors (Lipinski definition) is 6. The van der Waals surface area contributed by atoms with Crippen LogP contribution in [0.2, 0.25) is 0 Å². The van der Waals surface area contributed by atoms with E-state index in [1.807, 2.05) is 0 Å². The summed E-state index contributed by atoms with van der Waals surface area (Å²) in [5.41, 5.74) is -1.54. The van der Waals surface area contributed by atoms with E-state index in [4.69, 9.17) is 42.3 Å². The average molecular weight is 751 g/mol. The highest BCUT2D eigenvalue weighted by Gasteiger charge is 2.50. The zero-order valence-electron chi connectivity index (χ0n) is 29.1. The Labute approximate surface area is 299 Å². The van der Waals surface area contributed by atoms with Crippen LogP contribution < -0.4 is 19.6 Å². The van der Waals surface area contributed by atoms with E-state index in [-0.39, 0.29) is 16.9 Å². The molecule has 0 amide bonds. The molecule has 2 aliphatic rings. The van der Waals surface area contributed by atoms with E-state index in [0.717, 1.165) is 46.1 Å². The summed E-state index contributed by atoms with van der Waals surface area (Å²) in [6.07, 6.45) is -14.9. The van der Waals surface area contributed by atoms with E-state index in [0.29, 0.717) is 0 Å². The lowest BCUT2D eigenvalue weighted by molar-refractivity contribution is -0.276.